The van der Waals surface area contributed by atoms with E-state index in [1.807, 2.05) is 26.1 Å². The van der Waals surface area contributed by atoms with Crippen molar-refractivity contribution in [3.8, 4) is 0 Å². The Labute approximate surface area is 159 Å². The van der Waals surface area contributed by atoms with Crippen LogP contribution in [0, 0.1) is 11.3 Å². The number of hydrogen-bond acceptors (Lipinski definition) is 5. The number of hydrogen-bond donors (Lipinski definition) is 2. The van der Waals surface area contributed by atoms with Gasteiger partial charge in [-0.3, -0.25) is 0 Å². The molecule has 5 rings (SSSR count). The maximum atomic E-state index is 12.6. The van der Waals surface area contributed by atoms with Gasteiger partial charge in [-0.05, 0) is 42.2 Å². The van der Waals surface area contributed by atoms with Crippen LogP contribution < -0.4 is 5.46 Å². The smallest absolute Gasteiger partial charge is 0.423 e. The largest absolute Gasteiger partial charge is 0.493 e. The third kappa shape index (κ3) is 2.52. The molecule has 0 bridgehead atoms. The maximum absolute atomic E-state index is 12.6. The highest BCUT2D eigenvalue weighted by Crippen LogP contribution is 2.62. The van der Waals surface area contributed by atoms with Crippen LogP contribution in [0.4, 0.5) is 0 Å². The molecule has 0 radical (unpaired) electrons. The molecule has 4 heterocycles. The number of nitrogens with zero attached hydrogens (tertiary/aromatic N) is 2. The topological polar surface area (TPSA) is 95.5 Å². The van der Waals surface area contributed by atoms with Crippen molar-refractivity contribution in [3.05, 3.63) is 24.0 Å². The average Bonchev–Trinajstić information content (AvgIpc) is 3.23. The van der Waals surface area contributed by atoms with Crippen LogP contribution in [0.1, 0.15) is 38.7 Å². The van der Waals surface area contributed by atoms with E-state index in [-0.39, 0.29) is 17.1 Å². The SMILES string of the molecule is CC(C)CS(=O)(=O)N1CCC2(C1)CC1(C2)OB(O)c2cnc3[nH]ccc3c21. The monoisotopic (exact) mass is 389 g/mol. The second-order valence-electron chi connectivity index (χ2n) is 8.90. The highest BCUT2D eigenvalue weighted by Gasteiger charge is 2.64. The molecule has 2 N–H and O–H groups in total. The molecule has 9 heteroatoms. The number of fused-ring (bicyclic) bond motifs is 4. The number of aromatic nitrogens is 2. The summed E-state index contributed by atoms with van der Waals surface area (Å²) in [6, 6.07) is 1.98. The van der Waals surface area contributed by atoms with Crippen LogP contribution in [0.15, 0.2) is 18.5 Å². The number of H-pyrrole nitrogens is 1. The van der Waals surface area contributed by atoms with Gasteiger partial charge in [0.2, 0.25) is 10.0 Å². The van der Waals surface area contributed by atoms with Crippen molar-refractivity contribution in [3.63, 3.8) is 0 Å². The van der Waals surface area contributed by atoms with Crippen molar-refractivity contribution >= 4 is 33.6 Å². The van der Waals surface area contributed by atoms with Crippen LogP contribution in [0.3, 0.4) is 0 Å². The van der Waals surface area contributed by atoms with E-state index in [2.05, 4.69) is 9.97 Å². The van der Waals surface area contributed by atoms with Gasteiger partial charge in [-0.2, -0.15) is 0 Å². The Kier molecular flexibility index (Phi) is 3.64. The lowest BCUT2D eigenvalue weighted by Gasteiger charge is -2.53. The predicted molar refractivity (Wildman–Crippen MR) is 103 cm³/mol. The first-order valence-corrected chi connectivity index (χ1v) is 11.1. The quantitative estimate of drug-likeness (QED) is 0.763. The molecule has 144 valence electrons. The molecule has 2 aromatic rings. The molecule has 7 nitrogen and oxygen atoms in total. The summed E-state index contributed by atoms with van der Waals surface area (Å²) in [4.78, 5) is 7.49. The molecular formula is C18H24BN3O4S. The van der Waals surface area contributed by atoms with E-state index in [0.29, 0.717) is 13.1 Å². The van der Waals surface area contributed by atoms with Gasteiger partial charge in [-0.1, -0.05) is 13.8 Å². The highest BCUT2D eigenvalue weighted by atomic mass is 32.2. The third-order valence-corrected chi connectivity index (χ3v) is 8.52. The van der Waals surface area contributed by atoms with Crippen LogP contribution in [0.25, 0.3) is 11.0 Å². The molecule has 27 heavy (non-hydrogen) atoms. The molecule has 2 aliphatic heterocycles. The molecule has 0 amide bonds. The molecule has 0 atom stereocenters. The van der Waals surface area contributed by atoms with Gasteiger partial charge < -0.3 is 14.7 Å². The Morgan fingerprint density at radius 3 is 2.96 bits per heavy atom. The third-order valence-electron chi connectivity index (χ3n) is 6.34. The Morgan fingerprint density at radius 1 is 1.44 bits per heavy atom. The molecule has 1 saturated heterocycles. The Balaban J connectivity index is 1.43. The van der Waals surface area contributed by atoms with Gasteiger partial charge in [0.05, 0.1) is 11.4 Å². The summed E-state index contributed by atoms with van der Waals surface area (Å²) in [5.74, 6) is 0.316. The van der Waals surface area contributed by atoms with Gasteiger partial charge in [-0.15, -0.1) is 0 Å². The van der Waals surface area contributed by atoms with Gasteiger partial charge in [0, 0.05) is 36.3 Å². The summed E-state index contributed by atoms with van der Waals surface area (Å²) >= 11 is 0. The molecule has 0 unspecified atom stereocenters. The van der Waals surface area contributed by atoms with Crippen LogP contribution >= 0.6 is 0 Å². The molecular weight excluding hydrogens is 365 g/mol. The summed E-state index contributed by atoms with van der Waals surface area (Å²) < 4.78 is 32.9. The first-order valence-electron chi connectivity index (χ1n) is 9.54. The lowest BCUT2D eigenvalue weighted by molar-refractivity contribution is -0.108. The fraction of sp³-hybridized carbons (Fsp3) is 0.611. The standard InChI is InChI=1S/C18H24BN3O4S/c1-12(2)8-27(24,25)22-6-4-17(11-22)9-18(10-17)15-13-3-5-20-16(13)21-7-14(15)19(23)26-18/h3,5,7,12,23H,4,6,8-11H2,1-2H3,(H,20,21). The maximum Gasteiger partial charge on any atom is 0.493 e. The Hall–Kier alpha value is -1.42. The number of sulfonamides is 1. The number of aromatic amines is 1. The molecule has 2 aromatic heterocycles. The van der Waals surface area contributed by atoms with E-state index in [9.17, 15) is 13.4 Å². The molecule has 3 aliphatic rings. The van der Waals surface area contributed by atoms with E-state index in [0.717, 1.165) is 41.3 Å². The Bertz CT molecular complexity index is 1010. The minimum atomic E-state index is -3.21. The van der Waals surface area contributed by atoms with Gasteiger partial charge in [0.25, 0.3) is 0 Å². The van der Waals surface area contributed by atoms with Crippen molar-refractivity contribution in [2.24, 2.45) is 11.3 Å². The molecule has 1 aliphatic carbocycles. The molecule has 1 saturated carbocycles. The van der Waals surface area contributed by atoms with Gasteiger partial charge in [0.1, 0.15) is 5.65 Å². The lowest BCUT2D eigenvalue weighted by Crippen LogP contribution is -2.52. The fourth-order valence-corrected chi connectivity index (χ4v) is 7.32. The minimum Gasteiger partial charge on any atom is -0.423 e. The summed E-state index contributed by atoms with van der Waals surface area (Å²) in [5.41, 5.74) is 1.96. The summed E-state index contributed by atoms with van der Waals surface area (Å²) in [6.45, 7) is 5.00. The van der Waals surface area contributed by atoms with Gasteiger partial charge in [0.15, 0.2) is 0 Å². The summed E-state index contributed by atoms with van der Waals surface area (Å²) in [5, 5.41) is 11.4. The lowest BCUT2D eigenvalue weighted by atomic mass is 9.56. The Morgan fingerprint density at radius 2 is 2.22 bits per heavy atom. The van der Waals surface area contributed by atoms with Crippen molar-refractivity contribution in [2.45, 2.75) is 38.7 Å². The van der Waals surface area contributed by atoms with Crippen molar-refractivity contribution in [2.75, 3.05) is 18.8 Å². The van der Waals surface area contributed by atoms with Crippen LogP contribution in [0.5, 0.6) is 0 Å². The predicted octanol–water partition coefficient (Wildman–Crippen LogP) is 0.948. The molecule has 2 spiro atoms. The zero-order valence-corrected chi connectivity index (χ0v) is 16.4. The second-order valence-corrected chi connectivity index (χ2v) is 10.9. The van der Waals surface area contributed by atoms with E-state index in [1.54, 1.807) is 10.5 Å². The molecule has 0 aromatic carbocycles. The zero-order valence-electron chi connectivity index (χ0n) is 15.6. The van der Waals surface area contributed by atoms with Gasteiger partial charge >= 0.3 is 7.12 Å². The zero-order chi connectivity index (χ0) is 19.0. The summed E-state index contributed by atoms with van der Waals surface area (Å²) in [7, 11) is -4.18. The number of rotatable bonds is 3. The first kappa shape index (κ1) is 17.7. The van der Waals surface area contributed by atoms with E-state index in [1.165, 1.54) is 0 Å². The minimum absolute atomic E-state index is 0.0583. The van der Waals surface area contributed by atoms with Crippen molar-refractivity contribution in [1.82, 2.24) is 14.3 Å². The van der Waals surface area contributed by atoms with E-state index >= 15 is 0 Å². The van der Waals surface area contributed by atoms with Crippen molar-refractivity contribution in [1.29, 1.82) is 0 Å². The first-order chi connectivity index (χ1) is 12.7. The van der Waals surface area contributed by atoms with Crippen molar-refractivity contribution < 1.29 is 18.1 Å². The molecule has 2 fully saturated rings. The van der Waals surface area contributed by atoms with Crippen LogP contribution in [-0.2, 0) is 20.3 Å². The average molecular weight is 389 g/mol. The number of nitrogens with one attached hydrogen (secondary N) is 1. The van der Waals surface area contributed by atoms with Crippen LogP contribution in [-0.4, -0.2) is 53.7 Å². The second kappa shape index (κ2) is 5.56. The van der Waals surface area contributed by atoms with Gasteiger partial charge in [-0.25, -0.2) is 17.7 Å². The fourth-order valence-electron chi connectivity index (χ4n) is 5.42. The summed E-state index contributed by atoms with van der Waals surface area (Å²) in [6.07, 6.45) is 5.86. The normalized spacial score (nSPS) is 30.7. The van der Waals surface area contributed by atoms with E-state index in [4.69, 9.17) is 4.65 Å². The van der Waals surface area contributed by atoms with Crippen LogP contribution in [0.2, 0.25) is 0 Å². The highest BCUT2D eigenvalue weighted by molar-refractivity contribution is 7.89. The van der Waals surface area contributed by atoms with E-state index < -0.39 is 22.7 Å². The number of pyridine rings is 1.